The molecular formula is C24H21N5O3. The van der Waals surface area contributed by atoms with Crippen LogP contribution in [0.15, 0.2) is 84.0 Å². The van der Waals surface area contributed by atoms with Crippen LogP contribution in [0.5, 0.6) is 11.5 Å². The molecule has 1 heterocycles. The van der Waals surface area contributed by atoms with E-state index < -0.39 is 5.91 Å². The van der Waals surface area contributed by atoms with Crippen LogP contribution in [0.25, 0.3) is 17.1 Å². The minimum absolute atomic E-state index is 0.00873. The first kappa shape index (κ1) is 20.8. The summed E-state index contributed by atoms with van der Waals surface area (Å²) in [7, 11) is 0. The maximum Gasteiger partial charge on any atom is 0.311 e. The predicted molar refractivity (Wildman–Crippen MR) is 121 cm³/mol. The summed E-state index contributed by atoms with van der Waals surface area (Å²) in [5.41, 5.74) is 4.72. The van der Waals surface area contributed by atoms with Gasteiger partial charge in [-0.1, -0.05) is 48.5 Å². The van der Waals surface area contributed by atoms with Crippen LogP contribution >= 0.6 is 0 Å². The zero-order valence-electron chi connectivity index (χ0n) is 17.3. The van der Waals surface area contributed by atoms with Gasteiger partial charge in [0.25, 0.3) is 0 Å². The molecule has 4 aromatic rings. The van der Waals surface area contributed by atoms with Crippen LogP contribution in [0.3, 0.4) is 0 Å². The number of hydrogen-bond acceptors (Lipinski definition) is 6. The third-order valence-corrected chi connectivity index (χ3v) is 4.51. The lowest BCUT2D eigenvalue weighted by Gasteiger charge is -2.05. The van der Waals surface area contributed by atoms with Crippen molar-refractivity contribution in [2.24, 2.45) is 5.10 Å². The molecule has 32 heavy (non-hydrogen) atoms. The van der Waals surface area contributed by atoms with Crippen molar-refractivity contribution in [3.8, 4) is 28.6 Å². The number of phenols is 1. The second-order valence-corrected chi connectivity index (χ2v) is 6.73. The van der Waals surface area contributed by atoms with Crippen LogP contribution in [0.4, 0.5) is 0 Å². The lowest BCUT2D eigenvalue weighted by molar-refractivity contribution is 0.0945. The smallest absolute Gasteiger partial charge is 0.311 e. The maximum atomic E-state index is 12.7. The first-order chi connectivity index (χ1) is 15.7. The zero-order valence-corrected chi connectivity index (χ0v) is 17.3. The molecule has 0 bridgehead atoms. The number of hydrogen-bond donors (Lipinski definition) is 2. The number of nitrogens with zero attached hydrogens (tertiary/aromatic N) is 4. The summed E-state index contributed by atoms with van der Waals surface area (Å²) < 4.78 is 6.98. The third-order valence-electron chi connectivity index (χ3n) is 4.51. The van der Waals surface area contributed by atoms with E-state index in [4.69, 9.17) is 4.74 Å². The quantitative estimate of drug-likeness (QED) is 0.345. The maximum absolute atomic E-state index is 12.7. The minimum atomic E-state index is -0.545. The van der Waals surface area contributed by atoms with E-state index >= 15 is 0 Å². The molecule has 0 unspecified atom stereocenters. The minimum Gasteiger partial charge on any atom is -0.504 e. The highest BCUT2D eigenvalue weighted by molar-refractivity contribution is 5.92. The van der Waals surface area contributed by atoms with E-state index in [1.54, 1.807) is 16.8 Å². The Morgan fingerprint density at radius 2 is 1.81 bits per heavy atom. The molecule has 0 aliphatic heterocycles. The Bertz CT molecular complexity index is 1180. The molecule has 0 atom stereocenters. The number of rotatable bonds is 7. The van der Waals surface area contributed by atoms with E-state index in [1.807, 2.05) is 67.6 Å². The topological polar surface area (TPSA) is 102 Å². The molecule has 8 heteroatoms. The zero-order chi connectivity index (χ0) is 22.3. The fourth-order valence-electron chi connectivity index (χ4n) is 3.03. The normalized spacial score (nSPS) is 10.9. The summed E-state index contributed by atoms with van der Waals surface area (Å²) in [6.45, 7) is 2.25. The molecule has 1 aromatic heterocycles. The molecule has 2 N–H and O–H groups in total. The van der Waals surface area contributed by atoms with Gasteiger partial charge >= 0.3 is 5.91 Å². The summed E-state index contributed by atoms with van der Waals surface area (Å²) in [6, 6.07) is 23.8. The molecular weight excluding hydrogens is 406 g/mol. The lowest BCUT2D eigenvalue weighted by Crippen LogP contribution is -2.19. The van der Waals surface area contributed by atoms with Gasteiger partial charge in [-0.25, -0.2) is 15.1 Å². The Labute approximate surface area is 184 Å². The summed E-state index contributed by atoms with van der Waals surface area (Å²) in [5, 5.41) is 18.2. The van der Waals surface area contributed by atoms with Gasteiger partial charge in [-0.05, 0) is 42.8 Å². The van der Waals surface area contributed by atoms with Crippen LogP contribution in [0.1, 0.15) is 23.1 Å². The highest BCUT2D eigenvalue weighted by Crippen LogP contribution is 2.26. The van der Waals surface area contributed by atoms with Crippen LogP contribution in [-0.4, -0.2) is 38.6 Å². The second kappa shape index (κ2) is 9.57. The summed E-state index contributed by atoms with van der Waals surface area (Å²) in [6.07, 6.45) is 1.45. The fourth-order valence-corrected chi connectivity index (χ4v) is 3.03. The number of aromatic hydroxyl groups is 1. The molecule has 0 radical (unpaired) electrons. The Balaban J connectivity index is 1.57. The van der Waals surface area contributed by atoms with Gasteiger partial charge < -0.3 is 9.84 Å². The number of hydrazone groups is 1. The average Bonchev–Trinajstić information content (AvgIpc) is 3.28. The average molecular weight is 427 g/mol. The molecule has 4 rings (SSSR count). The number of carbonyl (C=O) groups is 1. The van der Waals surface area contributed by atoms with Crippen molar-refractivity contribution in [2.75, 3.05) is 6.61 Å². The predicted octanol–water partition coefficient (Wildman–Crippen LogP) is 3.80. The lowest BCUT2D eigenvalue weighted by atomic mass is 10.2. The molecule has 160 valence electrons. The number of aromatic nitrogens is 3. The number of phenolic OH excluding ortho intramolecular Hbond substituents is 1. The SMILES string of the molecule is CCOc1cc(/C=N\NC(=O)c2nc(-c3ccccc3)n(-c3ccccc3)n2)ccc1O. The van der Waals surface area contributed by atoms with E-state index in [0.29, 0.717) is 23.7 Å². The van der Waals surface area contributed by atoms with Crippen molar-refractivity contribution in [1.82, 2.24) is 20.2 Å². The molecule has 0 saturated carbocycles. The van der Waals surface area contributed by atoms with Crippen molar-refractivity contribution in [2.45, 2.75) is 6.92 Å². The van der Waals surface area contributed by atoms with E-state index in [2.05, 4.69) is 20.6 Å². The van der Waals surface area contributed by atoms with E-state index in [9.17, 15) is 9.90 Å². The summed E-state index contributed by atoms with van der Waals surface area (Å²) in [5.74, 6) is 0.379. The molecule has 0 aliphatic carbocycles. The molecule has 0 fully saturated rings. The Morgan fingerprint density at radius 3 is 2.53 bits per heavy atom. The van der Waals surface area contributed by atoms with Crippen LogP contribution in [0, 0.1) is 0 Å². The van der Waals surface area contributed by atoms with Crippen molar-refractivity contribution >= 4 is 12.1 Å². The summed E-state index contributed by atoms with van der Waals surface area (Å²) in [4.78, 5) is 17.1. The van der Waals surface area contributed by atoms with Crippen LogP contribution in [0.2, 0.25) is 0 Å². The van der Waals surface area contributed by atoms with Crippen LogP contribution in [-0.2, 0) is 0 Å². The van der Waals surface area contributed by atoms with E-state index in [1.165, 1.54) is 12.3 Å². The number of ether oxygens (including phenoxy) is 1. The fraction of sp³-hybridized carbons (Fsp3) is 0.0833. The van der Waals surface area contributed by atoms with Gasteiger partial charge in [0.05, 0.1) is 18.5 Å². The number of benzene rings is 3. The second-order valence-electron chi connectivity index (χ2n) is 6.73. The number of para-hydroxylation sites is 1. The van der Waals surface area contributed by atoms with Crippen molar-refractivity contribution in [3.05, 3.63) is 90.3 Å². The van der Waals surface area contributed by atoms with Crippen molar-refractivity contribution in [3.63, 3.8) is 0 Å². The van der Waals surface area contributed by atoms with Crippen LogP contribution < -0.4 is 10.2 Å². The van der Waals surface area contributed by atoms with Gasteiger partial charge in [0.1, 0.15) is 0 Å². The number of carbonyl (C=O) groups excluding carboxylic acids is 1. The number of nitrogens with one attached hydrogen (secondary N) is 1. The van der Waals surface area contributed by atoms with E-state index in [-0.39, 0.29) is 11.6 Å². The molecule has 8 nitrogen and oxygen atoms in total. The van der Waals surface area contributed by atoms with Gasteiger partial charge in [0.15, 0.2) is 17.3 Å². The standard InChI is InChI=1S/C24H21N5O3/c1-2-32-21-15-17(13-14-20(21)30)16-25-27-24(31)22-26-23(18-9-5-3-6-10-18)29(28-22)19-11-7-4-8-12-19/h3-16,30H,2H2,1H3,(H,27,31)/b25-16-. The molecule has 0 spiro atoms. The Morgan fingerprint density at radius 1 is 1.09 bits per heavy atom. The first-order valence-electron chi connectivity index (χ1n) is 10.0. The van der Waals surface area contributed by atoms with E-state index in [0.717, 1.165) is 11.3 Å². The first-order valence-corrected chi connectivity index (χ1v) is 10.0. The van der Waals surface area contributed by atoms with Gasteiger partial charge in [-0.2, -0.15) is 5.10 Å². The van der Waals surface area contributed by atoms with Crippen molar-refractivity contribution in [1.29, 1.82) is 0 Å². The Hall–Kier alpha value is -4.46. The number of amides is 1. The third kappa shape index (κ3) is 4.65. The summed E-state index contributed by atoms with van der Waals surface area (Å²) >= 11 is 0. The molecule has 0 saturated heterocycles. The van der Waals surface area contributed by atoms with Gasteiger partial charge in [-0.3, -0.25) is 4.79 Å². The largest absolute Gasteiger partial charge is 0.504 e. The molecule has 1 amide bonds. The monoisotopic (exact) mass is 427 g/mol. The van der Waals surface area contributed by atoms with Gasteiger partial charge in [-0.15, -0.1) is 5.10 Å². The molecule has 0 aliphatic rings. The molecule has 3 aromatic carbocycles. The highest BCUT2D eigenvalue weighted by atomic mass is 16.5. The van der Waals surface area contributed by atoms with Crippen molar-refractivity contribution < 1.29 is 14.6 Å². The van der Waals surface area contributed by atoms with Gasteiger partial charge in [0, 0.05) is 5.56 Å². The highest BCUT2D eigenvalue weighted by Gasteiger charge is 2.18. The Kier molecular flexibility index (Phi) is 6.22. The van der Waals surface area contributed by atoms with Gasteiger partial charge in [0.2, 0.25) is 5.82 Å².